The van der Waals surface area contributed by atoms with Crippen molar-refractivity contribution in [1.29, 1.82) is 0 Å². The van der Waals surface area contributed by atoms with E-state index in [0.717, 1.165) is 17.1 Å². The number of nitrogens with one attached hydrogen (secondary N) is 1. The fraction of sp³-hybridized carbons (Fsp3) is 0.650. The summed E-state index contributed by atoms with van der Waals surface area (Å²) in [5.41, 5.74) is 0. The van der Waals surface area contributed by atoms with Crippen LogP contribution in [0.15, 0.2) is 29.2 Å². The first kappa shape index (κ1) is 24.9. The molecule has 0 aromatic heterocycles. The molecule has 1 amide bonds. The summed E-state index contributed by atoms with van der Waals surface area (Å²) in [5, 5.41) is 2.79. The standard InChI is InChI=1S/C20H32N4O6S2/c1-22(2)32(28,29)24-14-5-6-17(16-24)20(25)21-11-15-30-18-7-9-19(10-8-18)31(26,27)23-12-3-4-13-23/h7-10,17H,3-6,11-16H2,1-2H3,(H,21,25). The maximum Gasteiger partial charge on any atom is 0.281 e. The largest absolute Gasteiger partial charge is 0.492 e. The van der Waals surface area contributed by atoms with Crippen LogP contribution in [0, 0.1) is 5.92 Å². The summed E-state index contributed by atoms with van der Waals surface area (Å²) in [5.74, 6) is -0.0756. The number of nitrogens with zero attached hydrogens (tertiary/aromatic N) is 3. The second-order valence-corrected chi connectivity index (χ2v) is 12.3. The van der Waals surface area contributed by atoms with Gasteiger partial charge in [0.15, 0.2) is 0 Å². The zero-order chi connectivity index (χ0) is 23.4. The van der Waals surface area contributed by atoms with Gasteiger partial charge in [-0.05, 0) is 49.9 Å². The normalized spacial score (nSPS) is 21.0. The molecule has 1 atom stereocenters. The van der Waals surface area contributed by atoms with Gasteiger partial charge in [0.2, 0.25) is 15.9 Å². The minimum absolute atomic E-state index is 0.167. The van der Waals surface area contributed by atoms with Gasteiger partial charge in [-0.25, -0.2) is 8.42 Å². The molecule has 0 spiro atoms. The van der Waals surface area contributed by atoms with Gasteiger partial charge in [0.05, 0.1) is 17.4 Å². The van der Waals surface area contributed by atoms with Crippen LogP contribution in [0.2, 0.25) is 0 Å². The van der Waals surface area contributed by atoms with Crippen molar-refractivity contribution < 1.29 is 26.4 Å². The van der Waals surface area contributed by atoms with E-state index in [-0.39, 0.29) is 30.5 Å². The van der Waals surface area contributed by atoms with E-state index in [0.29, 0.717) is 38.2 Å². The maximum atomic E-state index is 12.5. The number of amides is 1. The van der Waals surface area contributed by atoms with E-state index in [4.69, 9.17) is 4.74 Å². The van der Waals surface area contributed by atoms with Crippen molar-refractivity contribution in [2.45, 2.75) is 30.6 Å². The molecular formula is C20H32N4O6S2. The van der Waals surface area contributed by atoms with Crippen LogP contribution in [0.3, 0.4) is 0 Å². The Labute approximate surface area is 190 Å². The van der Waals surface area contributed by atoms with Crippen LogP contribution in [-0.2, 0) is 25.0 Å². The van der Waals surface area contributed by atoms with Crippen LogP contribution in [0.25, 0.3) is 0 Å². The topological polar surface area (TPSA) is 116 Å². The van der Waals surface area contributed by atoms with E-state index in [2.05, 4.69) is 5.32 Å². The van der Waals surface area contributed by atoms with Crippen LogP contribution in [0.4, 0.5) is 0 Å². The van der Waals surface area contributed by atoms with Gasteiger partial charge in [0.25, 0.3) is 10.2 Å². The lowest BCUT2D eigenvalue weighted by Gasteiger charge is -2.32. The number of hydrogen-bond acceptors (Lipinski definition) is 6. The van der Waals surface area contributed by atoms with E-state index >= 15 is 0 Å². The molecular weight excluding hydrogens is 456 g/mol. The molecule has 10 nitrogen and oxygen atoms in total. The minimum atomic E-state index is -3.53. The zero-order valence-corrected chi connectivity index (χ0v) is 20.2. The van der Waals surface area contributed by atoms with Gasteiger partial charge in [0, 0.05) is 40.3 Å². The van der Waals surface area contributed by atoms with Gasteiger partial charge < -0.3 is 10.1 Å². The van der Waals surface area contributed by atoms with Crippen molar-refractivity contribution in [2.24, 2.45) is 5.92 Å². The molecule has 0 radical (unpaired) electrons. The fourth-order valence-electron chi connectivity index (χ4n) is 3.87. The number of hydrogen-bond donors (Lipinski definition) is 1. The molecule has 0 saturated carbocycles. The van der Waals surface area contributed by atoms with E-state index in [1.165, 1.54) is 34.8 Å². The summed E-state index contributed by atoms with van der Waals surface area (Å²) in [4.78, 5) is 12.7. The van der Waals surface area contributed by atoms with Crippen molar-refractivity contribution in [3.8, 4) is 5.75 Å². The van der Waals surface area contributed by atoms with Crippen LogP contribution in [0.5, 0.6) is 5.75 Å². The van der Waals surface area contributed by atoms with Crippen molar-refractivity contribution >= 4 is 26.1 Å². The summed E-state index contributed by atoms with van der Waals surface area (Å²) in [6, 6.07) is 6.28. The number of benzene rings is 1. The highest BCUT2D eigenvalue weighted by molar-refractivity contribution is 7.89. The lowest BCUT2D eigenvalue weighted by atomic mass is 9.99. The molecule has 2 fully saturated rings. The Morgan fingerprint density at radius 3 is 2.28 bits per heavy atom. The van der Waals surface area contributed by atoms with E-state index in [9.17, 15) is 21.6 Å². The van der Waals surface area contributed by atoms with Gasteiger partial charge in [-0.2, -0.15) is 21.3 Å². The van der Waals surface area contributed by atoms with E-state index < -0.39 is 26.2 Å². The van der Waals surface area contributed by atoms with Crippen LogP contribution < -0.4 is 10.1 Å². The summed E-state index contributed by atoms with van der Waals surface area (Å²) in [6.07, 6.45) is 3.04. The maximum absolute atomic E-state index is 12.5. The number of rotatable bonds is 9. The molecule has 2 aliphatic heterocycles. The van der Waals surface area contributed by atoms with Crippen molar-refractivity contribution in [1.82, 2.24) is 18.2 Å². The third kappa shape index (κ3) is 5.79. The zero-order valence-electron chi connectivity index (χ0n) is 18.6. The molecule has 1 aromatic rings. The number of carbonyl (C=O) groups excluding carboxylic acids is 1. The SMILES string of the molecule is CN(C)S(=O)(=O)N1CCCC(C(=O)NCCOc2ccc(S(=O)(=O)N3CCCC3)cc2)C1. The molecule has 2 heterocycles. The second-order valence-electron chi connectivity index (χ2n) is 8.21. The molecule has 2 aliphatic rings. The van der Waals surface area contributed by atoms with Gasteiger partial charge >= 0.3 is 0 Å². The highest BCUT2D eigenvalue weighted by Crippen LogP contribution is 2.23. The summed E-state index contributed by atoms with van der Waals surface area (Å²) < 4.78 is 59.3. The van der Waals surface area contributed by atoms with Gasteiger partial charge in [-0.3, -0.25) is 4.79 Å². The van der Waals surface area contributed by atoms with Crippen molar-refractivity contribution in [2.75, 3.05) is 53.4 Å². The smallest absolute Gasteiger partial charge is 0.281 e. The van der Waals surface area contributed by atoms with Crippen molar-refractivity contribution in [3.05, 3.63) is 24.3 Å². The third-order valence-corrected chi connectivity index (χ3v) is 9.56. The molecule has 1 aromatic carbocycles. The predicted octanol–water partition coefficient (Wildman–Crippen LogP) is 0.485. The average molecular weight is 489 g/mol. The number of sulfonamides is 1. The highest BCUT2D eigenvalue weighted by atomic mass is 32.2. The van der Waals surface area contributed by atoms with Crippen LogP contribution in [-0.4, -0.2) is 89.1 Å². The predicted molar refractivity (Wildman–Crippen MR) is 120 cm³/mol. The van der Waals surface area contributed by atoms with E-state index in [1.807, 2.05) is 0 Å². The fourth-order valence-corrected chi connectivity index (χ4v) is 6.58. The van der Waals surface area contributed by atoms with Gasteiger partial charge in [0.1, 0.15) is 12.4 Å². The lowest BCUT2D eigenvalue weighted by Crippen LogP contribution is -2.49. The Balaban J connectivity index is 1.44. The summed E-state index contributed by atoms with van der Waals surface area (Å²) in [6.45, 7) is 2.18. The average Bonchev–Trinajstić information content (AvgIpc) is 3.33. The van der Waals surface area contributed by atoms with E-state index in [1.54, 1.807) is 12.1 Å². The molecule has 3 rings (SSSR count). The molecule has 32 heavy (non-hydrogen) atoms. The first-order valence-corrected chi connectivity index (χ1v) is 13.6. The number of ether oxygens (including phenoxy) is 1. The molecule has 12 heteroatoms. The van der Waals surface area contributed by atoms with Crippen molar-refractivity contribution in [3.63, 3.8) is 0 Å². The Hall–Kier alpha value is -1.73. The minimum Gasteiger partial charge on any atom is -0.492 e. The third-order valence-electron chi connectivity index (χ3n) is 5.74. The molecule has 1 N–H and O–H groups in total. The Morgan fingerprint density at radius 1 is 1.03 bits per heavy atom. The molecule has 2 saturated heterocycles. The highest BCUT2D eigenvalue weighted by Gasteiger charge is 2.33. The van der Waals surface area contributed by atoms with Gasteiger partial charge in [-0.1, -0.05) is 0 Å². The van der Waals surface area contributed by atoms with Crippen LogP contribution in [0.1, 0.15) is 25.7 Å². The first-order valence-electron chi connectivity index (χ1n) is 10.8. The Morgan fingerprint density at radius 2 is 1.66 bits per heavy atom. The van der Waals surface area contributed by atoms with Crippen LogP contribution >= 0.6 is 0 Å². The van der Waals surface area contributed by atoms with Gasteiger partial charge in [-0.15, -0.1) is 0 Å². The first-order chi connectivity index (χ1) is 15.1. The molecule has 0 bridgehead atoms. The summed E-state index contributed by atoms with van der Waals surface area (Å²) in [7, 11) is -4.03. The molecule has 180 valence electrons. The number of carbonyl (C=O) groups is 1. The second kappa shape index (κ2) is 10.5. The lowest BCUT2D eigenvalue weighted by molar-refractivity contribution is -0.126. The Kier molecular flexibility index (Phi) is 8.15. The molecule has 0 aliphatic carbocycles. The molecule has 1 unspecified atom stereocenters. The Bertz CT molecular complexity index is 989. The monoisotopic (exact) mass is 488 g/mol. The summed E-state index contributed by atoms with van der Waals surface area (Å²) >= 11 is 0. The number of piperidine rings is 1. The quantitative estimate of drug-likeness (QED) is 0.506.